The van der Waals surface area contributed by atoms with Crippen molar-refractivity contribution in [3.8, 4) is 0 Å². The van der Waals surface area contributed by atoms with Crippen LogP contribution in [0.2, 0.25) is 0 Å². The maximum atomic E-state index is 13.7. The molecule has 0 atom stereocenters. The van der Waals surface area contributed by atoms with Crippen LogP contribution in [0.25, 0.3) is 21.2 Å². The molecule has 6 rings (SSSR count). The van der Waals surface area contributed by atoms with Crippen LogP contribution >= 0.6 is 7.26 Å². The van der Waals surface area contributed by atoms with Gasteiger partial charge in [0.2, 0.25) is 0 Å². The second kappa shape index (κ2) is 10.8. The molecule has 1 heterocycles. The fourth-order valence-corrected chi connectivity index (χ4v) is 10.1. The molecular formula is C33H26N4O2P+. The first-order valence-electron chi connectivity index (χ1n) is 13.2. The minimum atomic E-state index is -2.08. The number of carbonyl (C=O) groups is 2. The predicted molar refractivity (Wildman–Crippen MR) is 163 cm³/mol. The van der Waals surface area contributed by atoms with Crippen molar-refractivity contribution in [2.75, 3.05) is 12.7 Å². The Morgan fingerprint density at radius 1 is 0.650 bits per heavy atom. The molecule has 40 heavy (non-hydrogen) atoms. The summed E-state index contributed by atoms with van der Waals surface area (Å²) in [5, 5.41) is 8.72. The Hall–Kier alpha value is -4.76. The van der Waals surface area contributed by atoms with E-state index in [-0.39, 0.29) is 11.8 Å². The molecule has 6 nitrogen and oxygen atoms in total. The van der Waals surface area contributed by atoms with Crippen molar-refractivity contribution in [1.82, 2.24) is 4.90 Å². The standard InChI is InChI=1S/C33H26N4O2P/c34-36-35-30-21-20-29-31-27(30)18-10-19-28(31)32(38)37(33(29)39)22-11-23-40(24-12-4-1-5-13-24,25-14-6-2-7-15-25)26-16-8-3-9-17-26/h1-10,12-21H,11,22-23H2/q+1. The third-order valence-corrected chi connectivity index (χ3v) is 12.1. The van der Waals surface area contributed by atoms with Gasteiger partial charge in [0.15, 0.2) is 0 Å². The third-order valence-electron chi connectivity index (χ3n) is 7.59. The Balaban J connectivity index is 1.37. The molecule has 0 bridgehead atoms. The number of rotatable bonds is 8. The topological polar surface area (TPSA) is 86.1 Å². The lowest BCUT2D eigenvalue weighted by Crippen LogP contribution is -2.42. The summed E-state index contributed by atoms with van der Waals surface area (Å²) in [4.78, 5) is 31.6. The average Bonchev–Trinajstić information content (AvgIpc) is 3.01. The van der Waals surface area contributed by atoms with E-state index in [4.69, 9.17) is 5.53 Å². The smallest absolute Gasteiger partial charge is 0.261 e. The normalized spacial score (nSPS) is 12.8. The zero-order valence-corrected chi connectivity index (χ0v) is 22.6. The summed E-state index contributed by atoms with van der Waals surface area (Å²) in [5.41, 5.74) is 10.3. The Morgan fingerprint density at radius 3 is 1.70 bits per heavy atom. The van der Waals surface area contributed by atoms with Gasteiger partial charge < -0.3 is 0 Å². The minimum absolute atomic E-state index is 0.305. The Labute approximate surface area is 232 Å². The van der Waals surface area contributed by atoms with Gasteiger partial charge in [0, 0.05) is 40.1 Å². The number of carbonyl (C=O) groups excluding carboxylic acids is 2. The molecule has 2 amide bonds. The van der Waals surface area contributed by atoms with E-state index in [9.17, 15) is 9.59 Å². The zero-order chi connectivity index (χ0) is 27.5. The highest BCUT2D eigenvalue weighted by Gasteiger charge is 2.45. The number of hydrogen-bond acceptors (Lipinski definition) is 3. The largest absolute Gasteiger partial charge is 0.274 e. The number of benzene rings is 5. The lowest BCUT2D eigenvalue weighted by atomic mass is 9.93. The van der Waals surface area contributed by atoms with Crippen LogP contribution in [-0.2, 0) is 0 Å². The number of azide groups is 1. The molecule has 0 radical (unpaired) electrons. The van der Waals surface area contributed by atoms with Crippen molar-refractivity contribution >= 4 is 51.5 Å². The number of nitrogens with zero attached hydrogens (tertiary/aromatic N) is 4. The van der Waals surface area contributed by atoms with Gasteiger partial charge >= 0.3 is 0 Å². The maximum Gasteiger partial charge on any atom is 0.261 e. The minimum Gasteiger partial charge on any atom is -0.274 e. The van der Waals surface area contributed by atoms with E-state index in [0.29, 0.717) is 40.6 Å². The van der Waals surface area contributed by atoms with Crippen LogP contribution in [0.5, 0.6) is 0 Å². The highest BCUT2D eigenvalue weighted by Crippen LogP contribution is 2.55. The van der Waals surface area contributed by atoms with E-state index in [1.165, 1.54) is 20.8 Å². The first kappa shape index (κ1) is 25.5. The zero-order valence-electron chi connectivity index (χ0n) is 21.7. The van der Waals surface area contributed by atoms with Crippen molar-refractivity contribution in [2.24, 2.45) is 5.11 Å². The molecule has 0 N–H and O–H groups in total. The first-order chi connectivity index (χ1) is 19.6. The number of imide groups is 1. The molecule has 5 aromatic carbocycles. The monoisotopic (exact) mass is 541 g/mol. The van der Waals surface area contributed by atoms with Gasteiger partial charge in [0.25, 0.3) is 11.8 Å². The van der Waals surface area contributed by atoms with E-state index in [0.717, 1.165) is 6.16 Å². The quantitative estimate of drug-likeness (QED) is 0.0714. The molecule has 0 spiro atoms. The van der Waals surface area contributed by atoms with Gasteiger partial charge in [-0.2, -0.15) is 0 Å². The highest BCUT2D eigenvalue weighted by atomic mass is 31.2. The summed E-state index contributed by atoms with van der Waals surface area (Å²) in [6.07, 6.45) is 1.45. The SMILES string of the molecule is [N-]=[N+]=Nc1ccc2c3c(cccc13)C(=O)N(CCC[P+](c1ccccc1)(c1ccccc1)c1ccccc1)C2=O. The lowest BCUT2D eigenvalue weighted by Gasteiger charge is -2.30. The van der Waals surface area contributed by atoms with Gasteiger partial charge in [-0.15, -0.1) is 0 Å². The van der Waals surface area contributed by atoms with Crippen LogP contribution in [0.15, 0.2) is 126 Å². The first-order valence-corrected chi connectivity index (χ1v) is 15.1. The van der Waals surface area contributed by atoms with Gasteiger partial charge in [-0.3, -0.25) is 14.5 Å². The summed E-state index contributed by atoms with van der Waals surface area (Å²) in [6, 6.07) is 40.3. The molecule has 0 fully saturated rings. The van der Waals surface area contributed by atoms with Gasteiger partial charge in [-0.1, -0.05) is 77.9 Å². The van der Waals surface area contributed by atoms with Crippen LogP contribution in [0.1, 0.15) is 27.1 Å². The molecular weight excluding hydrogens is 515 g/mol. The van der Waals surface area contributed by atoms with Crippen LogP contribution in [0.4, 0.5) is 5.69 Å². The fraction of sp³-hybridized carbons (Fsp3) is 0.0909. The molecule has 0 unspecified atom stereocenters. The number of amides is 2. The van der Waals surface area contributed by atoms with Crippen LogP contribution < -0.4 is 15.9 Å². The highest BCUT2D eigenvalue weighted by molar-refractivity contribution is 7.95. The van der Waals surface area contributed by atoms with Crippen molar-refractivity contribution in [3.05, 3.63) is 143 Å². The van der Waals surface area contributed by atoms with E-state index >= 15 is 0 Å². The molecule has 1 aliphatic heterocycles. The molecule has 0 aliphatic carbocycles. The molecule has 7 heteroatoms. The van der Waals surface area contributed by atoms with Gasteiger partial charge in [0.1, 0.15) is 23.2 Å². The Morgan fingerprint density at radius 2 is 1.18 bits per heavy atom. The van der Waals surface area contributed by atoms with Crippen molar-refractivity contribution in [2.45, 2.75) is 6.42 Å². The molecule has 0 saturated carbocycles. The van der Waals surface area contributed by atoms with Crippen molar-refractivity contribution in [3.63, 3.8) is 0 Å². The van der Waals surface area contributed by atoms with E-state index in [1.807, 2.05) is 18.2 Å². The predicted octanol–water partition coefficient (Wildman–Crippen LogP) is 6.76. The van der Waals surface area contributed by atoms with Gasteiger partial charge in [-0.05, 0) is 59.4 Å². The summed E-state index contributed by atoms with van der Waals surface area (Å²) in [5.74, 6) is -0.631. The summed E-state index contributed by atoms with van der Waals surface area (Å²) in [6.45, 7) is 0.305. The summed E-state index contributed by atoms with van der Waals surface area (Å²) < 4.78 is 0. The Kier molecular flexibility index (Phi) is 6.88. The summed E-state index contributed by atoms with van der Waals surface area (Å²) in [7, 11) is -2.08. The Bertz CT molecular complexity index is 1650. The number of hydrogen-bond donors (Lipinski definition) is 0. The van der Waals surface area contributed by atoms with E-state index in [1.54, 1.807) is 30.3 Å². The molecule has 1 aliphatic rings. The fourth-order valence-electron chi connectivity index (χ4n) is 5.82. The van der Waals surface area contributed by atoms with E-state index < -0.39 is 7.26 Å². The molecule has 194 valence electrons. The van der Waals surface area contributed by atoms with E-state index in [2.05, 4.69) is 82.8 Å². The molecule has 0 aromatic heterocycles. The second-order valence-electron chi connectivity index (χ2n) is 9.71. The van der Waals surface area contributed by atoms with Gasteiger partial charge in [-0.25, -0.2) is 0 Å². The van der Waals surface area contributed by atoms with Crippen LogP contribution in [0.3, 0.4) is 0 Å². The third kappa shape index (κ3) is 4.24. The van der Waals surface area contributed by atoms with Crippen molar-refractivity contribution in [1.29, 1.82) is 0 Å². The lowest BCUT2D eigenvalue weighted by molar-refractivity contribution is 0.0611. The molecule has 0 saturated heterocycles. The van der Waals surface area contributed by atoms with Crippen LogP contribution in [0, 0.1) is 0 Å². The maximum absolute atomic E-state index is 13.7. The van der Waals surface area contributed by atoms with Gasteiger partial charge in [0.05, 0.1) is 6.16 Å². The summed E-state index contributed by atoms with van der Waals surface area (Å²) >= 11 is 0. The molecule has 5 aromatic rings. The average molecular weight is 542 g/mol. The van der Waals surface area contributed by atoms with Crippen molar-refractivity contribution < 1.29 is 9.59 Å². The second-order valence-corrected chi connectivity index (χ2v) is 13.3. The van der Waals surface area contributed by atoms with Crippen LogP contribution in [-0.4, -0.2) is 29.4 Å².